The van der Waals surface area contributed by atoms with Crippen LogP contribution < -0.4 is 10.1 Å². The normalized spacial score (nSPS) is 12.2. The molecule has 1 aromatic heterocycles. The van der Waals surface area contributed by atoms with Gasteiger partial charge >= 0.3 is 0 Å². The largest absolute Gasteiger partial charge is 0.484 e. The van der Waals surface area contributed by atoms with Crippen molar-refractivity contribution in [1.29, 1.82) is 0 Å². The predicted octanol–water partition coefficient (Wildman–Crippen LogP) is 2.68. The number of amides is 1. The predicted molar refractivity (Wildman–Crippen MR) is 92.8 cm³/mol. The maximum Gasteiger partial charge on any atom is 0.258 e. The molecule has 2 aromatic rings. The molecule has 2 rings (SSSR count). The fourth-order valence-corrected chi connectivity index (χ4v) is 2.32. The summed E-state index contributed by atoms with van der Waals surface area (Å²) in [5.74, 6) is 1.35. The first-order chi connectivity index (χ1) is 10.6. The van der Waals surface area contributed by atoms with Gasteiger partial charge in [-0.25, -0.2) is 0 Å². The summed E-state index contributed by atoms with van der Waals surface area (Å²) in [6, 6.07) is 11.3. The summed E-state index contributed by atoms with van der Waals surface area (Å²) in [5, 5.41) is 2.87. The van der Waals surface area contributed by atoms with Crippen molar-refractivity contribution in [2.45, 2.75) is 6.04 Å². The lowest BCUT2D eigenvalue weighted by molar-refractivity contribution is -0.123. The Morgan fingerprint density at radius 2 is 2.05 bits per heavy atom. The molecule has 0 fully saturated rings. The molecule has 0 saturated heterocycles. The van der Waals surface area contributed by atoms with E-state index in [0.717, 1.165) is 9.33 Å². The van der Waals surface area contributed by atoms with Crippen molar-refractivity contribution in [3.63, 3.8) is 0 Å². The first kappa shape index (κ1) is 16.8. The van der Waals surface area contributed by atoms with Crippen LogP contribution in [0.25, 0.3) is 0 Å². The van der Waals surface area contributed by atoms with E-state index in [2.05, 4.69) is 27.9 Å². The molecular weight excluding hydrogens is 395 g/mol. The minimum atomic E-state index is -0.156. The van der Waals surface area contributed by atoms with E-state index in [4.69, 9.17) is 9.15 Å². The molecule has 6 heteroatoms. The zero-order valence-corrected chi connectivity index (χ0v) is 14.7. The van der Waals surface area contributed by atoms with Crippen LogP contribution >= 0.6 is 22.6 Å². The number of furan rings is 1. The zero-order valence-electron chi connectivity index (χ0n) is 12.6. The second-order valence-electron chi connectivity index (χ2n) is 5.04. The Balaban J connectivity index is 1.80. The van der Waals surface area contributed by atoms with Crippen molar-refractivity contribution in [2.24, 2.45) is 0 Å². The Labute approximate surface area is 143 Å². The molecule has 5 nitrogen and oxygen atoms in total. The van der Waals surface area contributed by atoms with Gasteiger partial charge in [-0.1, -0.05) is 0 Å². The molecule has 0 aliphatic rings. The molecule has 0 radical (unpaired) electrons. The van der Waals surface area contributed by atoms with Crippen LogP contribution in [-0.2, 0) is 4.79 Å². The third-order valence-corrected chi connectivity index (χ3v) is 3.89. The van der Waals surface area contributed by atoms with Gasteiger partial charge in [-0.15, -0.1) is 0 Å². The molecule has 1 aromatic carbocycles. The second-order valence-corrected chi connectivity index (χ2v) is 6.29. The SMILES string of the molecule is CN(C)C(CNC(=O)COc1ccc(I)cc1)c1ccco1. The van der Waals surface area contributed by atoms with Crippen molar-refractivity contribution < 1.29 is 13.9 Å². The van der Waals surface area contributed by atoms with Gasteiger partial charge in [0.05, 0.1) is 12.3 Å². The molecule has 1 amide bonds. The number of carbonyl (C=O) groups excluding carboxylic acids is 1. The average molecular weight is 414 g/mol. The van der Waals surface area contributed by atoms with Gasteiger partial charge in [0.2, 0.25) is 0 Å². The van der Waals surface area contributed by atoms with Crippen LogP contribution in [0.3, 0.4) is 0 Å². The van der Waals surface area contributed by atoms with Crippen molar-refractivity contribution in [3.05, 3.63) is 52.0 Å². The summed E-state index contributed by atoms with van der Waals surface area (Å²) in [6.07, 6.45) is 1.63. The van der Waals surface area contributed by atoms with E-state index < -0.39 is 0 Å². The lowest BCUT2D eigenvalue weighted by atomic mass is 10.2. The molecule has 1 N–H and O–H groups in total. The number of ether oxygens (including phenoxy) is 1. The molecule has 0 spiro atoms. The van der Waals surface area contributed by atoms with Crippen molar-refractivity contribution in [1.82, 2.24) is 10.2 Å². The molecule has 0 aliphatic carbocycles. The molecular formula is C16H19IN2O3. The minimum absolute atomic E-state index is 0.00110. The third-order valence-electron chi connectivity index (χ3n) is 3.17. The lowest BCUT2D eigenvalue weighted by Gasteiger charge is -2.22. The summed E-state index contributed by atoms with van der Waals surface area (Å²) in [4.78, 5) is 13.9. The number of rotatable bonds is 7. The maximum absolute atomic E-state index is 11.9. The first-order valence-electron chi connectivity index (χ1n) is 6.91. The Morgan fingerprint density at radius 1 is 1.32 bits per heavy atom. The fraction of sp³-hybridized carbons (Fsp3) is 0.312. The van der Waals surface area contributed by atoms with Gasteiger partial charge in [-0.3, -0.25) is 9.69 Å². The average Bonchev–Trinajstić information content (AvgIpc) is 3.00. The van der Waals surface area contributed by atoms with Crippen molar-refractivity contribution in [2.75, 3.05) is 27.2 Å². The highest BCUT2D eigenvalue weighted by atomic mass is 127. The number of halogens is 1. The maximum atomic E-state index is 11.9. The molecule has 0 saturated carbocycles. The topological polar surface area (TPSA) is 54.7 Å². The van der Waals surface area contributed by atoms with Crippen LogP contribution in [0, 0.1) is 3.57 Å². The van der Waals surface area contributed by atoms with Gasteiger partial charge in [-0.2, -0.15) is 0 Å². The van der Waals surface area contributed by atoms with Crippen molar-refractivity contribution >= 4 is 28.5 Å². The molecule has 0 bridgehead atoms. The molecule has 118 valence electrons. The van der Waals surface area contributed by atoms with Crippen LogP contribution in [0.4, 0.5) is 0 Å². The number of nitrogens with one attached hydrogen (secondary N) is 1. The van der Waals surface area contributed by atoms with Crippen LogP contribution in [0.5, 0.6) is 5.75 Å². The minimum Gasteiger partial charge on any atom is -0.484 e. The monoisotopic (exact) mass is 414 g/mol. The van der Waals surface area contributed by atoms with Gasteiger partial charge in [0, 0.05) is 10.1 Å². The number of nitrogens with zero attached hydrogens (tertiary/aromatic N) is 1. The van der Waals surface area contributed by atoms with Gasteiger partial charge in [0.25, 0.3) is 5.91 Å². The molecule has 1 atom stereocenters. The van der Waals surface area contributed by atoms with E-state index in [0.29, 0.717) is 12.3 Å². The van der Waals surface area contributed by atoms with Crippen LogP contribution in [-0.4, -0.2) is 38.1 Å². The van der Waals surface area contributed by atoms with E-state index >= 15 is 0 Å². The van der Waals surface area contributed by atoms with Crippen LogP contribution in [0.2, 0.25) is 0 Å². The number of benzene rings is 1. The first-order valence-corrected chi connectivity index (χ1v) is 7.99. The zero-order chi connectivity index (χ0) is 15.9. The van der Waals surface area contributed by atoms with E-state index in [1.165, 1.54) is 0 Å². The van der Waals surface area contributed by atoms with E-state index in [-0.39, 0.29) is 18.6 Å². The van der Waals surface area contributed by atoms with Crippen molar-refractivity contribution in [3.8, 4) is 5.75 Å². The number of hydrogen-bond acceptors (Lipinski definition) is 4. The summed E-state index contributed by atoms with van der Waals surface area (Å²) < 4.78 is 12.0. The molecule has 0 aliphatic heterocycles. The summed E-state index contributed by atoms with van der Waals surface area (Å²) in [6.45, 7) is 0.467. The number of likely N-dealkylation sites (N-methyl/N-ethyl adjacent to an activating group) is 1. The fourth-order valence-electron chi connectivity index (χ4n) is 1.96. The van der Waals surface area contributed by atoms with E-state index in [1.54, 1.807) is 6.26 Å². The summed E-state index contributed by atoms with van der Waals surface area (Å²) >= 11 is 2.22. The van der Waals surface area contributed by atoms with E-state index in [1.807, 2.05) is 55.4 Å². The lowest BCUT2D eigenvalue weighted by Crippen LogP contribution is -2.36. The number of carbonyl (C=O) groups is 1. The Morgan fingerprint density at radius 3 is 2.64 bits per heavy atom. The van der Waals surface area contributed by atoms with Gasteiger partial charge in [0.1, 0.15) is 11.5 Å². The highest BCUT2D eigenvalue weighted by Gasteiger charge is 2.17. The van der Waals surface area contributed by atoms with Crippen LogP contribution in [0.1, 0.15) is 11.8 Å². The molecule has 1 unspecified atom stereocenters. The third kappa shape index (κ3) is 5.03. The smallest absolute Gasteiger partial charge is 0.258 e. The van der Waals surface area contributed by atoms with E-state index in [9.17, 15) is 4.79 Å². The Hall–Kier alpha value is -1.54. The molecule has 1 heterocycles. The number of hydrogen-bond donors (Lipinski definition) is 1. The highest BCUT2D eigenvalue weighted by Crippen LogP contribution is 2.17. The summed E-state index contributed by atoms with van der Waals surface area (Å²) in [5.41, 5.74) is 0. The highest BCUT2D eigenvalue weighted by molar-refractivity contribution is 14.1. The van der Waals surface area contributed by atoms with Crippen LogP contribution in [0.15, 0.2) is 47.1 Å². The second kappa shape index (κ2) is 8.19. The Kier molecular flexibility index (Phi) is 6.26. The Bertz CT molecular complexity index is 582. The van der Waals surface area contributed by atoms with Gasteiger partial charge in [0.15, 0.2) is 6.61 Å². The molecule has 22 heavy (non-hydrogen) atoms. The quantitative estimate of drug-likeness (QED) is 0.709. The standard InChI is InChI=1S/C16H19IN2O3/c1-19(2)14(15-4-3-9-21-15)10-18-16(20)11-22-13-7-5-12(17)6-8-13/h3-9,14H,10-11H2,1-2H3,(H,18,20). The van der Waals surface area contributed by atoms with Gasteiger partial charge < -0.3 is 14.5 Å². The van der Waals surface area contributed by atoms with Gasteiger partial charge in [-0.05, 0) is 73.1 Å². The summed E-state index contributed by atoms with van der Waals surface area (Å²) in [7, 11) is 3.89.